The lowest BCUT2D eigenvalue weighted by atomic mass is 10.1. The molecule has 0 spiro atoms. The molecule has 1 N–H and O–H groups in total. The lowest BCUT2D eigenvalue weighted by Crippen LogP contribution is -2.28. The van der Waals surface area contributed by atoms with Gasteiger partial charge in [0.15, 0.2) is 0 Å². The molecular weight excluding hydrogens is 294 g/mol. The van der Waals surface area contributed by atoms with Gasteiger partial charge in [-0.2, -0.15) is 0 Å². The summed E-state index contributed by atoms with van der Waals surface area (Å²) in [6.07, 6.45) is 1.14. The van der Waals surface area contributed by atoms with Crippen molar-refractivity contribution >= 4 is 27.5 Å². The highest BCUT2D eigenvalue weighted by molar-refractivity contribution is 7.99. The highest BCUT2D eigenvalue weighted by Gasteiger charge is 2.12. The Balaban J connectivity index is 2.53. The molecule has 0 radical (unpaired) electrons. The highest BCUT2D eigenvalue weighted by atomic mass is 32.2. The van der Waals surface area contributed by atoms with Crippen molar-refractivity contribution in [2.75, 3.05) is 17.8 Å². The molecule has 0 heterocycles. The van der Waals surface area contributed by atoms with Crippen LogP contribution in [0.4, 0.5) is 0 Å². The van der Waals surface area contributed by atoms with Crippen molar-refractivity contribution in [3.8, 4) is 0 Å². The topological polar surface area (TPSA) is 63.2 Å². The van der Waals surface area contributed by atoms with Crippen LogP contribution in [-0.2, 0) is 14.6 Å². The molecule has 1 atom stereocenters. The number of hydrogen-bond acceptors (Lipinski definition) is 4. The van der Waals surface area contributed by atoms with Gasteiger partial charge in [0, 0.05) is 17.6 Å². The van der Waals surface area contributed by atoms with Gasteiger partial charge in [-0.05, 0) is 30.4 Å². The molecule has 112 valence electrons. The Bertz CT molecular complexity index is 538. The third-order valence-corrected chi connectivity index (χ3v) is 4.61. The number of carbonyl (C=O) groups is 1. The fourth-order valence-electron chi connectivity index (χ4n) is 1.69. The van der Waals surface area contributed by atoms with Crippen LogP contribution in [0.15, 0.2) is 29.2 Å². The van der Waals surface area contributed by atoms with E-state index in [4.69, 9.17) is 0 Å². The lowest BCUT2D eigenvalue weighted by Gasteiger charge is -2.14. The molecular formula is C14H21NO3S2. The molecule has 0 bridgehead atoms. The summed E-state index contributed by atoms with van der Waals surface area (Å²) in [5.74, 6) is 0.671. The Morgan fingerprint density at radius 2 is 1.90 bits per heavy atom. The zero-order chi connectivity index (χ0) is 15.2. The van der Waals surface area contributed by atoms with Gasteiger partial charge >= 0.3 is 0 Å². The third-order valence-electron chi connectivity index (χ3n) is 2.77. The minimum absolute atomic E-state index is 0.00689. The van der Waals surface area contributed by atoms with Crippen LogP contribution in [0.3, 0.4) is 0 Å². The van der Waals surface area contributed by atoms with Crippen molar-refractivity contribution in [3.05, 3.63) is 29.8 Å². The summed E-state index contributed by atoms with van der Waals surface area (Å²) in [6, 6.07) is 7.91. The van der Waals surface area contributed by atoms with E-state index in [0.717, 1.165) is 17.6 Å². The summed E-state index contributed by atoms with van der Waals surface area (Å²) in [6.45, 7) is 3.99. The minimum atomic E-state index is -3.10. The van der Waals surface area contributed by atoms with Crippen molar-refractivity contribution in [2.45, 2.75) is 31.2 Å². The summed E-state index contributed by atoms with van der Waals surface area (Å²) in [5.41, 5.74) is 1.01. The molecule has 0 saturated carbocycles. The molecule has 0 saturated heterocycles. The number of amides is 1. The van der Waals surface area contributed by atoms with Crippen LogP contribution in [0.5, 0.6) is 0 Å². The number of benzene rings is 1. The first-order valence-corrected chi connectivity index (χ1v) is 9.56. The maximum absolute atomic E-state index is 11.7. The molecule has 0 fully saturated rings. The van der Waals surface area contributed by atoms with E-state index in [1.807, 2.05) is 31.2 Å². The second-order valence-electron chi connectivity index (χ2n) is 4.67. The Kier molecular flexibility index (Phi) is 6.55. The smallest absolute Gasteiger partial charge is 0.221 e. The molecule has 0 unspecified atom stereocenters. The molecule has 4 nitrogen and oxygen atoms in total. The van der Waals surface area contributed by atoms with Crippen LogP contribution >= 0.6 is 11.8 Å². The first-order chi connectivity index (χ1) is 9.31. The summed E-state index contributed by atoms with van der Waals surface area (Å²) in [4.78, 5) is 12.9. The molecule has 0 aliphatic rings. The lowest BCUT2D eigenvalue weighted by molar-refractivity contribution is -0.121. The first-order valence-electron chi connectivity index (χ1n) is 6.51. The highest BCUT2D eigenvalue weighted by Crippen LogP contribution is 2.20. The standard InChI is InChI=1S/C14H21NO3S2/c1-4-19-13-7-5-12(6-8-13)11(2)15-14(16)9-10-20(3,17)18/h5-8,11H,4,9-10H2,1-3H3,(H,15,16)/t11-/m0/s1. The fraction of sp³-hybridized carbons (Fsp3) is 0.500. The van der Waals surface area contributed by atoms with Crippen molar-refractivity contribution < 1.29 is 13.2 Å². The predicted molar refractivity (Wildman–Crippen MR) is 83.7 cm³/mol. The average molecular weight is 315 g/mol. The van der Waals surface area contributed by atoms with Gasteiger partial charge in [-0.25, -0.2) is 8.42 Å². The van der Waals surface area contributed by atoms with E-state index in [9.17, 15) is 13.2 Å². The summed E-state index contributed by atoms with van der Waals surface area (Å²) < 4.78 is 22.0. The number of carbonyl (C=O) groups excluding carboxylic acids is 1. The molecule has 1 aromatic rings. The van der Waals surface area contributed by atoms with E-state index in [-0.39, 0.29) is 24.1 Å². The van der Waals surface area contributed by atoms with Gasteiger partial charge in [0.1, 0.15) is 9.84 Å². The predicted octanol–water partition coefficient (Wildman–Crippen LogP) is 2.41. The second kappa shape index (κ2) is 7.69. The van der Waals surface area contributed by atoms with Crippen molar-refractivity contribution in [1.29, 1.82) is 0 Å². The van der Waals surface area contributed by atoms with Gasteiger partial charge in [0.25, 0.3) is 0 Å². The number of sulfone groups is 1. The van der Waals surface area contributed by atoms with E-state index in [1.165, 1.54) is 4.90 Å². The minimum Gasteiger partial charge on any atom is -0.350 e. The summed E-state index contributed by atoms with van der Waals surface area (Å²) in [7, 11) is -3.10. The quantitative estimate of drug-likeness (QED) is 0.785. The van der Waals surface area contributed by atoms with Gasteiger partial charge in [-0.15, -0.1) is 11.8 Å². The Labute approximate surface area is 125 Å². The fourth-order valence-corrected chi connectivity index (χ4v) is 2.91. The molecule has 1 amide bonds. The number of rotatable bonds is 7. The van der Waals surface area contributed by atoms with E-state index in [1.54, 1.807) is 11.8 Å². The van der Waals surface area contributed by atoms with Gasteiger partial charge < -0.3 is 5.32 Å². The third kappa shape index (κ3) is 6.43. The van der Waals surface area contributed by atoms with Crippen LogP contribution < -0.4 is 5.32 Å². The number of thioether (sulfide) groups is 1. The van der Waals surface area contributed by atoms with E-state index in [2.05, 4.69) is 12.2 Å². The normalized spacial score (nSPS) is 12.9. The molecule has 0 aromatic heterocycles. The van der Waals surface area contributed by atoms with Gasteiger partial charge in [-0.3, -0.25) is 4.79 Å². The van der Waals surface area contributed by atoms with Gasteiger partial charge in [0.2, 0.25) is 5.91 Å². The summed E-state index contributed by atoms with van der Waals surface area (Å²) in [5, 5.41) is 2.81. The molecule has 6 heteroatoms. The molecule has 0 aliphatic heterocycles. The van der Waals surface area contributed by atoms with Crippen LogP contribution in [0, 0.1) is 0 Å². The first kappa shape index (κ1) is 17.0. The van der Waals surface area contributed by atoms with Gasteiger partial charge in [0.05, 0.1) is 11.8 Å². The monoisotopic (exact) mass is 315 g/mol. The van der Waals surface area contributed by atoms with Gasteiger partial charge in [-0.1, -0.05) is 19.1 Å². The second-order valence-corrected chi connectivity index (χ2v) is 8.27. The van der Waals surface area contributed by atoms with Crippen LogP contribution in [-0.4, -0.2) is 32.1 Å². The van der Waals surface area contributed by atoms with Crippen LogP contribution in [0.1, 0.15) is 31.9 Å². The van der Waals surface area contributed by atoms with E-state index in [0.29, 0.717) is 0 Å². The Hall–Kier alpha value is -1.01. The molecule has 1 rings (SSSR count). The zero-order valence-electron chi connectivity index (χ0n) is 12.0. The van der Waals surface area contributed by atoms with E-state index < -0.39 is 9.84 Å². The maximum Gasteiger partial charge on any atom is 0.221 e. The van der Waals surface area contributed by atoms with Crippen molar-refractivity contribution in [1.82, 2.24) is 5.32 Å². The number of nitrogens with one attached hydrogen (secondary N) is 1. The van der Waals surface area contributed by atoms with Crippen molar-refractivity contribution in [2.24, 2.45) is 0 Å². The zero-order valence-corrected chi connectivity index (χ0v) is 13.7. The largest absolute Gasteiger partial charge is 0.350 e. The molecule has 20 heavy (non-hydrogen) atoms. The Morgan fingerprint density at radius 3 is 2.40 bits per heavy atom. The van der Waals surface area contributed by atoms with Crippen molar-refractivity contribution in [3.63, 3.8) is 0 Å². The summed E-state index contributed by atoms with van der Waals surface area (Å²) >= 11 is 1.77. The average Bonchev–Trinajstić information content (AvgIpc) is 2.37. The SMILES string of the molecule is CCSc1ccc([C@H](C)NC(=O)CCS(C)(=O)=O)cc1. The van der Waals surface area contributed by atoms with E-state index >= 15 is 0 Å². The maximum atomic E-state index is 11.7. The molecule has 0 aliphatic carbocycles. The van der Waals surface area contributed by atoms with Crippen LogP contribution in [0.2, 0.25) is 0 Å². The number of hydrogen-bond donors (Lipinski definition) is 1. The Morgan fingerprint density at radius 1 is 1.30 bits per heavy atom. The molecule has 1 aromatic carbocycles. The van der Waals surface area contributed by atoms with Crippen LogP contribution in [0.25, 0.3) is 0 Å².